The Labute approximate surface area is 128 Å². The van der Waals surface area contributed by atoms with Gasteiger partial charge in [-0.05, 0) is 68.8 Å². The molecule has 0 saturated heterocycles. The van der Waals surface area contributed by atoms with Gasteiger partial charge in [-0.25, -0.2) is 0 Å². The smallest absolute Gasteiger partial charge is 0.309 e. The molecule has 1 fully saturated rings. The van der Waals surface area contributed by atoms with Crippen molar-refractivity contribution in [1.29, 1.82) is 0 Å². The van der Waals surface area contributed by atoms with E-state index < -0.39 is 11.4 Å². The van der Waals surface area contributed by atoms with Crippen molar-refractivity contribution < 1.29 is 9.90 Å². The Morgan fingerprint density at radius 2 is 2.05 bits per heavy atom. The minimum atomic E-state index is -0.574. The predicted octanol–water partition coefficient (Wildman–Crippen LogP) is 4.96. The van der Waals surface area contributed by atoms with Crippen molar-refractivity contribution in [3.8, 4) is 0 Å². The summed E-state index contributed by atoms with van der Waals surface area (Å²) in [6.07, 6.45) is 10.1. The van der Waals surface area contributed by atoms with Crippen molar-refractivity contribution in [2.45, 2.75) is 65.7 Å². The van der Waals surface area contributed by atoms with E-state index in [4.69, 9.17) is 0 Å². The lowest BCUT2D eigenvalue weighted by atomic mass is 9.55. The van der Waals surface area contributed by atoms with Gasteiger partial charge in [0.15, 0.2) is 0 Å². The normalized spacial score (nSPS) is 36.1. The van der Waals surface area contributed by atoms with Crippen LogP contribution in [-0.2, 0) is 4.79 Å². The van der Waals surface area contributed by atoms with Gasteiger partial charge < -0.3 is 5.11 Å². The second kappa shape index (κ2) is 5.30. The van der Waals surface area contributed by atoms with E-state index in [2.05, 4.69) is 19.9 Å². The average Bonchev–Trinajstić information content (AvgIpc) is 2.46. The molecule has 0 aromatic heterocycles. The molecule has 0 amide bonds. The molecule has 3 aliphatic carbocycles. The van der Waals surface area contributed by atoms with Gasteiger partial charge in [-0.1, -0.05) is 37.5 Å². The number of hydrogen-bond donors (Lipinski definition) is 1. The highest BCUT2D eigenvalue weighted by atomic mass is 16.4. The Balaban J connectivity index is 1.93. The van der Waals surface area contributed by atoms with Gasteiger partial charge in [-0.2, -0.15) is 0 Å². The molecule has 3 atom stereocenters. The highest BCUT2D eigenvalue weighted by Gasteiger charge is 2.49. The summed E-state index contributed by atoms with van der Waals surface area (Å²) in [5.41, 5.74) is 4.26. The predicted molar refractivity (Wildman–Crippen MR) is 85.0 cm³/mol. The van der Waals surface area contributed by atoms with E-state index in [0.717, 1.165) is 25.7 Å². The molecule has 2 nitrogen and oxygen atoms in total. The third-order valence-corrected chi connectivity index (χ3v) is 6.37. The molecule has 0 radical (unpaired) electrons. The number of aliphatic carboxylic acids is 1. The molecule has 3 rings (SSSR count). The van der Waals surface area contributed by atoms with Gasteiger partial charge in [0.2, 0.25) is 0 Å². The number of carbonyl (C=O) groups is 1. The van der Waals surface area contributed by atoms with Crippen LogP contribution >= 0.6 is 0 Å². The van der Waals surface area contributed by atoms with E-state index >= 15 is 0 Å². The number of carboxylic acids is 1. The molecule has 1 saturated carbocycles. The average molecular weight is 288 g/mol. The van der Waals surface area contributed by atoms with Crippen LogP contribution in [0, 0.1) is 23.2 Å². The summed E-state index contributed by atoms with van der Waals surface area (Å²) in [5.74, 6) is 0.966. The van der Waals surface area contributed by atoms with Crippen LogP contribution in [0.4, 0.5) is 0 Å². The van der Waals surface area contributed by atoms with Crippen LogP contribution in [0.1, 0.15) is 65.7 Å². The molecule has 0 heterocycles. The molecule has 3 aliphatic rings. The summed E-state index contributed by atoms with van der Waals surface area (Å²) in [7, 11) is 0. The standard InChI is InChI=1S/C19H28O2/c1-12(2)13-6-8-15-14(11-13)7-9-17-16(15)5-4-10-19(17,3)18(20)21/h11-12,16-17H,4-10H2,1-3H3,(H,20,21)/t16?,17?,19-/m1/s1. The molecule has 0 aromatic rings. The fourth-order valence-electron chi connectivity index (χ4n) is 4.97. The summed E-state index contributed by atoms with van der Waals surface area (Å²) in [5, 5.41) is 9.72. The molecule has 2 heteroatoms. The number of fused-ring (bicyclic) bond motifs is 2. The molecule has 21 heavy (non-hydrogen) atoms. The van der Waals surface area contributed by atoms with E-state index in [0.29, 0.717) is 17.8 Å². The van der Waals surface area contributed by atoms with Gasteiger partial charge in [0.05, 0.1) is 5.41 Å². The molecule has 0 aliphatic heterocycles. The number of hydrogen-bond acceptors (Lipinski definition) is 1. The monoisotopic (exact) mass is 288 g/mol. The van der Waals surface area contributed by atoms with Gasteiger partial charge in [0.25, 0.3) is 0 Å². The number of rotatable bonds is 2. The Kier molecular flexibility index (Phi) is 3.75. The van der Waals surface area contributed by atoms with Crippen LogP contribution in [0.2, 0.25) is 0 Å². The van der Waals surface area contributed by atoms with Crippen molar-refractivity contribution in [1.82, 2.24) is 0 Å². The number of carboxylic acid groups (broad SMARTS) is 1. The number of allylic oxidation sites excluding steroid dienone is 4. The maximum atomic E-state index is 11.8. The van der Waals surface area contributed by atoms with E-state index in [9.17, 15) is 9.90 Å². The fraction of sp³-hybridized carbons (Fsp3) is 0.737. The van der Waals surface area contributed by atoms with Crippen LogP contribution in [0.25, 0.3) is 0 Å². The van der Waals surface area contributed by atoms with Crippen molar-refractivity contribution in [2.75, 3.05) is 0 Å². The maximum Gasteiger partial charge on any atom is 0.309 e. The van der Waals surface area contributed by atoms with Crippen molar-refractivity contribution >= 4 is 5.97 Å². The van der Waals surface area contributed by atoms with E-state index in [1.807, 2.05) is 6.92 Å². The van der Waals surface area contributed by atoms with Gasteiger partial charge in [0.1, 0.15) is 0 Å². The highest BCUT2D eigenvalue weighted by molar-refractivity contribution is 5.75. The van der Waals surface area contributed by atoms with Gasteiger partial charge in [-0.3, -0.25) is 4.79 Å². The SMILES string of the molecule is CC(C)C1=CC2=C(CC1)C1CCC[C@@](C)(C(=O)O)C1CC2. The third-order valence-electron chi connectivity index (χ3n) is 6.37. The maximum absolute atomic E-state index is 11.8. The molecule has 0 spiro atoms. The molecule has 1 N–H and O–H groups in total. The zero-order valence-electron chi connectivity index (χ0n) is 13.6. The third kappa shape index (κ3) is 2.37. The van der Waals surface area contributed by atoms with Gasteiger partial charge in [0, 0.05) is 0 Å². The first kappa shape index (κ1) is 14.9. The summed E-state index contributed by atoms with van der Waals surface area (Å²) >= 11 is 0. The second-order valence-electron chi connectivity index (χ2n) is 7.79. The zero-order chi connectivity index (χ0) is 15.2. The molecule has 0 bridgehead atoms. The minimum Gasteiger partial charge on any atom is -0.481 e. The largest absolute Gasteiger partial charge is 0.481 e. The lowest BCUT2D eigenvalue weighted by Gasteiger charge is -2.48. The molecule has 0 aromatic carbocycles. The van der Waals surface area contributed by atoms with E-state index in [1.165, 1.54) is 19.3 Å². The van der Waals surface area contributed by atoms with Crippen molar-refractivity contribution in [3.63, 3.8) is 0 Å². The first-order chi connectivity index (χ1) is 9.93. The summed E-state index contributed by atoms with van der Waals surface area (Å²) in [6.45, 7) is 6.56. The molecule has 116 valence electrons. The summed E-state index contributed by atoms with van der Waals surface area (Å²) < 4.78 is 0. The zero-order valence-corrected chi connectivity index (χ0v) is 13.6. The highest BCUT2D eigenvalue weighted by Crippen LogP contribution is 2.54. The Hall–Kier alpha value is -1.05. The quantitative estimate of drug-likeness (QED) is 0.779. The second-order valence-corrected chi connectivity index (χ2v) is 7.79. The minimum absolute atomic E-state index is 0.358. The van der Waals surface area contributed by atoms with Crippen LogP contribution in [0.15, 0.2) is 22.8 Å². The van der Waals surface area contributed by atoms with Crippen LogP contribution < -0.4 is 0 Å². The van der Waals surface area contributed by atoms with Crippen LogP contribution in [-0.4, -0.2) is 11.1 Å². The summed E-state index contributed by atoms with van der Waals surface area (Å²) in [6, 6.07) is 0. The van der Waals surface area contributed by atoms with Gasteiger partial charge >= 0.3 is 5.97 Å². The van der Waals surface area contributed by atoms with Crippen molar-refractivity contribution in [2.24, 2.45) is 23.2 Å². The van der Waals surface area contributed by atoms with Crippen molar-refractivity contribution in [3.05, 3.63) is 22.8 Å². The summed E-state index contributed by atoms with van der Waals surface area (Å²) in [4.78, 5) is 11.8. The molecular formula is C19H28O2. The van der Waals surface area contributed by atoms with Gasteiger partial charge in [-0.15, -0.1) is 0 Å². The molecular weight excluding hydrogens is 260 g/mol. The first-order valence-electron chi connectivity index (χ1n) is 8.59. The lowest BCUT2D eigenvalue weighted by Crippen LogP contribution is -2.45. The molecule has 2 unspecified atom stereocenters. The first-order valence-corrected chi connectivity index (χ1v) is 8.59. The Bertz CT molecular complexity index is 512. The Morgan fingerprint density at radius 3 is 2.71 bits per heavy atom. The van der Waals surface area contributed by atoms with Crippen LogP contribution in [0.3, 0.4) is 0 Å². The Morgan fingerprint density at radius 1 is 1.29 bits per heavy atom. The van der Waals surface area contributed by atoms with E-state index in [-0.39, 0.29) is 0 Å². The lowest BCUT2D eigenvalue weighted by molar-refractivity contribution is -0.155. The van der Waals surface area contributed by atoms with Crippen LogP contribution in [0.5, 0.6) is 0 Å². The fourth-order valence-corrected chi connectivity index (χ4v) is 4.97. The van der Waals surface area contributed by atoms with E-state index in [1.54, 1.807) is 16.7 Å². The topological polar surface area (TPSA) is 37.3 Å².